The van der Waals surface area contributed by atoms with E-state index in [1.165, 1.54) is 32.1 Å². The van der Waals surface area contributed by atoms with Gasteiger partial charge in [-0.1, -0.05) is 26.2 Å². The highest BCUT2D eigenvalue weighted by Gasteiger charge is 2.15. The third kappa shape index (κ3) is 7.05. The summed E-state index contributed by atoms with van der Waals surface area (Å²) in [7, 11) is 0. The Bertz CT molecular complexity index is 465. The van der Waals surface area contributed by atoms with Crippen LogP contribution in [-0.4, -0.2) is 39.4 Å². The molecule has 0 aliphatic heterocycles. The Morgan fingerprint density at radius 1 is 1.35 bits per heavy atom. The van der Waals surface area contributed by atoms with Crippen LogP contribution < -0.4 is 10.6 Å². The van der Waals surface area contributed by atoms with Crippen LogP contribution in [-0.2, 0) is 13.0 Å². The van der Waals surface area contributed by atoms with Gasteiger partial charge in [0.15, 0.2) is 5.96 Å². The molecule has 23 heavy (non-hydrogen) atoms. The molecule has 0 bridgehead atoms. The number of hydrogen-bond acceptors (Lipinski definition) is 3. The summed E-state index contributed by atoms with van der Waals surface area (Å²) in [5, 5.41) is 15.1. The highest BCUT2D eigenvalue weighted by molar-refractivity contribution is 14.0. The normalized spacial score (nSPS) is 16.3. The Hall–Kier alpha value is -0.860. The van der Waals surface area contributed by atoms with E-state index in [0.29, 0.717) is 12.1 Å². The Morgan fingerprint density at radius 2 is 2.09 bits per heavy atom. The van der Waals surface area contributed by atoms with Crippen molar-refractivity contribution in [3.63, 3.8) is 0 Å². The minimum atomic E-state index is 0. The molecule has 0 atom stereocenters. The molecule has 1 heterocycles. The Morgan fingerprint density at radius 3 is 2.74 bits per heavy atom. The number of guanidine groups is 1. The standard InChI is InChI=1S/C16H30N6.HI/c1-4-15-21-18-12-22(15)11-10-17-16(19-13(2)3)20-14-8-6-5-7-9-14;/h12-14H,4-11H2,1-3H3,(H2,17,19,20);1H. The van der Waals surface area contributed by atoms with E-state index in [0.717, 1.165) is 31.3 Å². The minimum absolute atomic E-state index is 0. The van der Waals surface area contributed by atoms with Crippen molar-refractivity contribution in [3.05, 3.63) is 12.2 Å². The van der Waals surface area contributed by atoms with Gasteiger partial charge in [0.05, 0.1) is 6.54 Å². The molecule has 1 aromatic heterocycles. The van der Waals surface area contributed by atoms with E-state index in [4.69, 9.17) is 4.99 Å². The zero-order valence-electron chi connectivity index (χ0n) is 14.6. The van der Waals surface area contributed by atoms with Gasteiger partial charge in [0, 0.05) is 25.0 Å². The van der Waals surface area contributed by atoms with Crippen LogP contribution in [0.4, 0.5) is 0 Å². The topological polar surface area (TPSA) is 67.1 Å². The van der Waals surface area contributed by atoms with Crippen LogP contribution >= 0.6 is 24.0 Å². The van der Waals surface area contributed by atoms with Crippen molar-refractivity contribution < 1.29 is 0 Å². The molecular formula is C16H31IN6. The molecule has 1 aliphatic carbocycles. The number of nitrogens with one attached hydrogen (secondary N) is 2. The lowest BCUT2D eigenvalue weighted by Gasteiger charge is -2.26. The number of hydrogen-bond donors (Lipinski definition) is 2. The van der Waals surface area contributed by atoms with Crippen LogP contribution in [0.25, 0.3) is 0 Å². The van der Waals surface area contributed by atoms with Crippen LogP contribution in [0.1, 0.15) is 58.7 Å². The number of aromatic nitrogens is 3. The SMILES string of the molecule is CCc1nncn1CCN=C(NC(C)C)NC1CCCCC1.I. The molecule has 6 nitrogen and oxygen atoms in total. The van der Waals surface area contributed by atoms with Crippen LogP contribution in [0.5, 0.6) is 0 Å². The fraction of sp³-hybridized carbons (Fsp3) is 0.812. The maximum atomic E-state index is 4.73. The van der Waals surface area contributed by atoms with E-state index in [2.05, 4.69) is 46.2 Å². The van der Waals surface area contributed by atoms with E-state index in [1.54, 1.807) is 6.33 Å². The second kappa shape index (κ2) is 10.8. The van der Waals surface area contributed by atoms with Crippen molar-refractivity contribution >= 4 is 29.9 Å². The summed E-state index contributed by atoms with van der Waals surface area (Å²) in [5.74, 6) is 1.96. The van der Waals surface area contributed by atoms with Crippen LogP contribution in [0.3, 0.4) is 0 Å². The first kappa shape index (κ1) is 20.2. The summed E-state index contributed by atoms with van der Waals surface area (Å²) in [6.45, 7) is 7.95. The first-order valence-corrected chi connectivity index (χ1v) is 8.63. The molecule has 0 aromatic carbocycles. The maximum absolute atomic E-state index is 4.73. The lowest BCUT2D eigenvalue weighted by molar-refractivity contribution is 0.408. The monoisotopic (exact) mass is 434 g/mol. The molecule has 1 saturated carbocycles. The number of halogens is 1. The summed E-state index contributed by atoms with van der Waals surface area (Å²) in [6.07, 6.45) is 9.23. The summed E-state index contributed by atoms with van der Waals surface area (Å²) < 4.78 is 2.08. The van der Waals surface area contributed by atoms with E-state index in [-0.39, 0.29) is 24.0 Å². The van der Waals surface area contributed by atoms with Crippen LogP contribution in [0.15, 0.2) is 11.3 Å². The van der Waals surface area contributed by atoms with Crippen LogP contribution in [0, 0.1) is 0 Å². The molecule has 0 spiro atoms. The Labute approximate surface area is 157 Å². The van der Waals surface area contributed by atoms with Crippen molar-refractivity contribution in [2.45, 2.75) is 77.9 Å². The predicted molar refractivity (Wildman–Crippen MR) is 105 cm³/mol. The summed E-state index contributed by atoms with van der Waals surface area (Å²) in [6, 6.07) is 0.954. The largest absolute Gasteiger partial charge is 0.354 e. The van der Waals surface area contributed by atoms with Crippen molar-refractivity contribution in [3.8, 4) is 0 Å². The molecule has 1 aliphatic rings. The second-order valence-electron chi connectivity index (χ2n) is 6.30. The molecule has 132 valence electrons. The van der Waals surface area contributed by atoms with Gasteiger partial charge in [-0.15, -0.1) is 34.2 Å². The van der Waals surface area contributed by atoms with Gasteiger partial charge in [0.2, 0.25) is 0 Å². The van der Waals surface area contributed by atoms with Gasteiger partial charge in [0.1, 0.15) is 12.2 Å². The summed E-state index contributed by atoms with van der Waals surface area (Å²) >= 11 is 0. The fourth-order valence-electron chi connectivity index (χ4n) is 2.86. The van der Waals surface area contributed by atoms with Gasteiger partial charge in [-0.2, -0.15) is 0 Å². The number of rotatable bonds is 6. The molecule has 0 saturated heterocycles. The predicted octanol–water partition coefficient (Wildman–Crippen LogP) is 2.73. The van der Waals surface area contributed by atoms with Gasteiger partial charge >= 0.3 is 0 Å². The molecule has 0 amide bonds. The maximum Gasteiger partial charge on any atom is 0.191 e. The first-order valence-electron chi connectivity index (χ1n) is 8.63. The van der Waals surface area contributed by atoms with E-state index < -0.39 is 0 Å². The third-order valence-corrected chi connectivity index (χ3v) is 3.99. The molecule has 0 unspecified atom stereocenters. The summed E-state index contributed by atoms with van der Waals surface area (Å²) in [5.41, 5.74) is 0. The van der Waals surface area contributed by atoms with Gasteiger partial charge in [-0.25, -0.2) is 0 Å². The van der Waals surface area contributed by atoms with Gasteiger partial charge in [0.25, 0.3) is 0 Å². The lowest BCUT2D eigenvalue weighted by atomic mass is 9.96. The first-order chi connectivity index (χ1) is 10.7. The van der Waals surface area contributed by atoms with Crippen molar-refractivity contribution in [2.75, 3.05) is 6.54 Å². The van der Waals surface area contributed by atoms with E-state index in [1.807, 2.05) is 0 Å². The summed E-state index contributed by atoms with van der Waals surface area (Å²) in [4.78, 5) is 4.73. The van der Waals surface area contributed by atoms with Crippen molar-refractivity contribution in [1.82, 2.24) is 25.4 Å². The molecule has 1 fully saturated rings. The van der Waals surface area contributed by atoms with Crippen molar-refractivity contribution in [1.29, 1.82) is 0 Å². The zero-order chi connectivity index (χ0) is 15.8. The Kier molecular flexibility index (Phi) is 9.50. The highest BCUT2D eigenvalue weighted by Crippen LogP contribution is 2.17. The highest BCUT2D eigenvalue weighted by atomic mass is 127. The average Bonchev–Trinajstić information content (AvgIpc) is 2.95. The minimum Gasteiger partial charge on any atom is -0.354 e. The molecule has 0 radical (unpaired) electrons. The third-order valence-electron chi connectivity index (χ3n) is 3.99. The number of aryl methyl sites for hydroxylation is 1. The average molecular weight is 434 g/mol. The van der Waals surface area contributed by atoms with Gasteiger partial charge in [-0.3, -0.25) is 4.99 Å². The van der Waals surface area contributed by atoms with Crippen LogP contribution in [0.2, 0.25) is 0 Å². The molecular weight excluding hydrogens is 403 g/mol. The Balaban J connectivity index is 0.00000264. The number of aliphatic imine (C=N–C) groups is 1. The van der Waals surface area contributed by atoms with E-state index >= 15 is 0 Å². The molecule has 2 rings (SSSR count). The quantitative estimate of drug-likeness (QED) is 0.411. The van der Waals surface area contributed by atoms with Gasteiger partial charge in [-0.05, 0) is 26.7 Å². The molecule has 7 heteroatoms. The second-order valence-corrected chi connectivity index (χ2v) is 6.30. The number of nitrogens with zero attached hydrogens (tertiary/aromatic N) is 4. The van der Waals surface area contributed by atoms with Crippen molar-refractivity contribution in [2.24, 2.45) is 4.99 Å². The fourth-order valence-corrected chi connectivity index (χ4v) is 2.86. The van der Waals surface area contributed by atoms with E-state index in [9.17, 15) is 0 Å². The molecule has 2 N–H and O–H groups in total. The molecule has 1 aromatic rings. The lowest BCUT2D eigenvalue weighted by Crippen LogP contribution is -2.46. The smallest absolute Gasteiger partial charge is 0.191 e. The zero-order valence-corrected chi connectivity index (χ0v) is 16.9. The van der Waals surface area contributed by atoms with Gasteiger partial charge < -0.3 is 15.2 Å².